The summed E-state index contributed by atoms with van der Waals surface area (Å²) < 4.78 is 5.30. The van der Waals surface area contributed by atoms with Gasteiger partial charge in [0.1, 0.15) is 5.60 Å². The fraction of sp³-hybridized carbons (Fsp3) is 0.650. The number of hydrogen-bond acceptors (Lipinski definition) is 3. The Morgan fingerprint density at radius 1 is 1.17 bits per heavy atom. The summed E-state index contributed by atoms with van der Waals surface area (Å²) in [4.78, 5) is 11.8. The molecule has 0 aromatic heterocycles. The lowest BCUT2D eigenvalue weighted by Crippen LogP contribution is -2.42. The van der Waals surface area contributed by atoms with Gasteiger partial charge in [-0.2, -0.15) is 0 Å². The Labute approximate surface area is 146 Å². The summed E-state index contributed by atoms with van der Waals surface area (Å²) in [6.45, 7) is 10.8. The Balaban J connectivity index is 1.73. The minimum absolute atomic E-state index is 0.0780. The zero-order chi connectivity index (χ0) is 17.8. The van der Waals surface area contributed by atoms with E-state index in [1.54, 1.807) is 0 Å². The molecular formula is C20H32N2O2. The van der Waals surface area contributed by atoms with Crippen LogP contribution in [0.2, 0.25) is 0 Å². The van der Waals surface area contributed by atoms with Crippen LogP contribution in [0, 0.1) is 0 Å². The SMILES string of the molecule is C[C@H](C[C@@H](C)NC(=O)OC(C)(C)C)NCC1(c2ccccc2)CC1. The molecule has 0 radical (unpaired) electrons. The first-order valence-corrected chi connectivity index (χ1v) is 8.99. The Morgan fingerprint density at radius 3 is 2.33 bits per heavy atom. The van der Waals surface area contributed by atoms with Gasteiger partial charge in [-0.25, -0.2) is 4.79 Å². The van der Waals surface area contributed by atoms with Crippen molar-refractivity contribution in [3.63, 3.8) is 0 Å². The molecule has 2 N–H and O–H groups in total. The highest BCUT2D eigenvalue weighted by Gasteiger charge is 2.43. The predicted molar refractivity (Wildman–Crippen MR) is 98.3 cm³/mol. The minimum Gasteiger partial charge on any atom is -0.444 e. The molecule has 0 spiro atoms. The molecular weight excluding hydrogens is 300 g/mol. The molecule has 0 unspecified atom stereocenters. The average molecular weight is 332 g/mol. The maximum Gasteiger partial charge on any atom is 0.407 e. The first-order chi connectivity index (χ1) is 11.2. The molecule has 1 aliphatic carbocycles. The van der Waals surface area contributed by atoms with Crippen molar-refractivity contribution >= 4 is 6.09 Å². The molecule has 1 fully saturated rings. The van der Waals surface area contributed by atoms with Crippen molar-refractivity contribution in [2.45, 2.75) is 77.0 Å². The van der Waals surface area contributed by atoms with Gasteiger partial charge in [0.15, 0.2) is 0 Å². The summed E-state index contributed by atoms with van der Waals surface area (Å²) in [6.07, 6.45) is 3.04. The Morgan fingerprint density at radius 2 is 1.79 bits per heavy atom. The van der Waals surface area contributed by atoms with Crippen molar-refractivity contribution in [2.75, 3.05) is 6.54 Å². The van der Waals surface area contributed by atoms with Gasteiger partial charge >= 0.3 is 6.09 Å². The third-order valence-electron chi connectivity index (χ3n) is 4.50. The van der Waals surface area contributed by atoms with E-state index in [9.17, 15) is 4.79 Å². The number of rotatable bonds is 7. The zero-order valence-electron chi connectivity index (χ0n) is 15.7. The van der Waals surface area contributed by atoms with Crippen LogP contribution in [-0.4, -0.2) is 30.3 Å². The molecule has 1 amide bonds. The number of alkyl carbamates (subject to hydrolysis) is 1. The average Bonchev–Trinajstić information content (AvgIpc) is 3.25. The highest BCUT2D eigenvalue weighted by atomic mass is 16.6. The first kappa shape index (κ1) is 18.8. The number of ether oxygens (including phenoxy) is 1. The topological polar surface area (TPSA) is 50.4 Å². The molecule has 1 aromatic carbocycles. The van der Waals surface area contributed by atoms with Crippen molar-refractivity contribution in [1.82, 2.24) is 10.6 Å². The molecule has 24 heavy (non-hydrogen) atoms. The van der Waals surface area contributed by atoms with Gasteiger partial charge in [0, 0.05) is 24.0 Å². The lowest BCUT2D eigenvalue weighted by molar-refractivity contribution is 0.0504. The molecule has 4 nitrogen and oxygen atoms in total. The van der Waals surface area contributed by atoms with Crippen molar-refractivity contribution in [3.05, 3.63) is 35.9 Å². The van der Waals surface area contributed by atoms with E-state index < -0.39 is 5.60 Å². The normalized spacial score (nSPS) is 18.5. The van der Waals surface area contributed by atoms with E-state index in [0.29, 0.717) is 11.5 Å². The van der Waals surface area contributed by atoms with E-state index in [0.717, 1.165) is 13.0 Å². The zero-order valence-corrected chi connectivity index (χ0v) is 15.7. The number of benzene rings is 1. The number of carbonyl (C=O) groups is 1. The molecule has 0 bridgehead atoms. The fourth-order valence-electron chi connectivity index (χ4n) is 3.06. The van der Waals surface area contributed by atoms with Crippen LogP contribution in [0.4, 0.5) is 4.79 Å². The van der Waals surface area contributed by atoms with Crippen LogP contribution in [-0.2, 0) is 10.2 Å². The van der Waals surface area contributed by atoms with Gasteiger partial charge < -0.3 is 15.4 Å². The number of nitrogens with one attached hydrogen (secondary N) is 2. The number of hydrogen-bond donors (Lipinski definition) is 2. The van der Waals surface area contributed by atoms with Crippen LogP contribution in [0.3, 0.4) is 0 Å². The van der Waals surface area contributed by atoms with Crippen LogP contribution in [0.1, 0.15) is 59.4 Å². The molecule has 1 aliphatic rings. The van der Waals surface area contributed by atoms with Gasteiger partial charge in [0.25, 0.3) is 0 Å². The van der Waals surface area contributed by atoms with Gasteiger partial charge in [-0.1, -0.05) is 30.3 Å². The summed E-state index contributed by atoms with van der Waals surface area (Å²) in [5.41, 5.74) is 1.30. The predicted octanol–water partition coefficient (Wildman–Crippen LogP) is 4.00. The molecule has 4 heteroatoms. The molecule has 2 atom stereocenters. The number of carbonyl (C=O) groups excluding carboxylic acids is 1. The van der Waals surface area contributed by atoms with E-state index in [4.69, 9.17) is 4.74 Å². The van der Waals surface area contributed by atoms with Crippen LogP contribution in [0.15, 0.2) is 30.3 Å². The maximum atomic E-state index is 11.8. The van der Waals surface area contributed by atoms with Crippen molar-refractivity contribution < 1.29 is 9.53 Å². The van der Waals surface area contributed by atoms with E-state index >= 15 is 0 Å². The largest absolute Gasteiger partial charge is 0.444 e. The molecule has 0 saturated heterocycles. The Hall–Kier alpha value is -1.55. The Bertz CT molecular complexity index is 532. The highest BCUT2D eigenvalue weighted by molar-refractivity contribution is 5.68. The third-order valence-corrected chi connectivity index (χ3v) is 4.50. The molecule has 0 aliphatic heterocycles. The fourth-order valence-corrected chi connectivity index (χ4v) is 3.06. The summed E-state index contributed by atoms with van der Waals surface area (Å²) in [6, 6.07) is 11.2. The lowest BCUT2D eigenvalue weighted by atomic mass is 9.95. The van der Waals surface area contributed by atoms with Crippen molar-refractivity contribution in [2.24, 2.45) is 0 Å². The third kappa shape index (κ3) is 5.82. The number of amides is 1. The van der Waals surface area contributed by atoms with E-state index in [-0.39, 0.29) is 12.1 Å². The summed E-state index contributed by atoms with van der Waals surface area (Å²) in [7, 11) is 0. The second-order valence-electron chi connectivity index (χ2n) is 8.21. The molecule has 1 saturated carbocycles. The quantitative estimate of drug-likeness (QED) is 0.793. The first-order valence-electron chi connectivity index (χ1n) is 8.99. The van der Waals surface area contributed by atoms with E-state index in [2.05, 4.69) is 47.9 Å². The van der Waals surface area contributed by atoms with Crippen LogP contribution in [0.5, 0.6) is 0 Å². The van der Waals surface area contributed by atoms with Gasteiger partial charge in [-0.15, -0.1) is 0 Å². The van der Waals surface area contributed by atoms with Crippen LogP contribution < -0.4 is 10.6 Å². The summed E-state index contributed by atoms with van der Waals surface area (Å²) >= 11 is 0. The van der Waals surface area contributed by atoms with Gasteiger partial charge in [-0.3, -0.25) is 0 Å². The van der Waals surface area contributed by atoms with Gasteiger partial charge in [0.05, 0.1) is 0 Å². The van der Waals surface area contributed by atoms with E-state index in [1.807, 2.05) is 27.7 Å². The minimum atomic E-state index is -0.457. The standard InChI is InChI=1S/C20H32N2O2/c1-15(13-16(2)22-18(23)24-19(3,4)5)21-14-20(11-12-20)17-9-7-6-8-10-17/h6-10,15-16,21H,11-14H2,1-5H3,(H,22,23)/t15-,16-/m1/s1. The van der Waals surface area contributed by atoms with E-state index in [1.165, 1.54) is 18.4 Å². The van der Waals surface area contributed by atoms with Crippen LogP contribution >= 0.6 is 0 Å². The van der Waals surface area contributed by atoms with Gasteiger partial charge in [0.2, 0.25) is 0 Å². The molecule has 1 aromatic rings. The van der Waals surface area contributed by atoms with Crippen LogP contribution in [0.25, 0.3) is 0 Å². The highest BCUT2D eigenvalue weighted by Crippen LogP contribution is 2.47. The van der Waals surface area contributed by atoms with Gasteiger partial charge in [-0.05, 0) is 59.4 Å². The molecule has 2 rings (SSSR count). The monoisotopic (exact) mass is 332 g/mol. The Kier molecular flexibility index (Phi) is 5.92. The summed E-state index contributed by atoms with van der Waals surface area (Å²) in [5.74, 6) is 0. The second kappa shape index (κ2) is 7.56. The molecule has 134 valence electrons. The van der Waals surface area contributed by atoms with Crippen molar-refractivity contribution in [3.8, 4) is 0 Å². The second-order valence-corrected chi connectivity index (χ2v) is 8.21. The summed E-state index contributed by atoms with van der Waals surface area (Å²) in [5, 5.41) is 6.55. The molecule has 0 heterocycles. The lowest BCUT2D eigenvalue weighted by Gasteiger charge is -2.25. The van der Waals surface area contributed by atoms with Crippen molar-refractivity contribution in [1.29, 1.82) is 0 Å². The smallest absolute Gasteiger partial charge is 0.407 e. The maximum absolute atomic E-state index is 11.8.